The number of ether oxygens (including phenoxy) is 1. The molecule has 2 aromatic heterocycles. The molecule has 0 bridgehead atoms. The maximum Gasteiger partial charge on any atom is 0.408 e. The quantitative estimate of drug-likeness (QED) is 0.418. The minimum absolute atomic E-state index is 0.103. The smallest absolute Gasteiger partial charge is 0.408 e. The Balaban J connectivity index is 1.51. The van der Waals surface area contributed by atoms with Gasteiger partial charge in [0, 0.05) is 0 Å². The van der Waals surface area contributed by atoms with E-state index in [4.69, 9.17) is 9.15 Å². The van der Waals surface area contributed by atoms with Gasteiger partial charge in [0.1, 0.15) is 11.6 Å². The summed E-state index contributed by atoms with van der Waals surface area (Å²) in [6.07, 6.45) is -0.614. The van der Waals surface area contributed by atoms with Crippen molar-refractivity contribution in [2.75, 3.05) is 0 Å². The predicted octanol–water partition coefficient (Wildman–Crippen LogP) is 5.16. The van der Waals surface area contributed by atoms with Gasteiger partial charge >= 0.3 is 6.09 Å². The van der Waals surface area contributed by atoms with Gasteiger partial charge in [0.05, 0.1) is 10.2 Å². The Bertz CT molecular complexity index is 1270. The van der Waals surface area contributed by atoms with Crippen molar-refractivity contribution in [1.29, 1.82) is 0 Å². The molecule has 0 saturated heterocycles. The number of amides is 1. The van der Waals surface area contributed by atoms with Gasteiger partial charge in [0.15, 0.2) is 5.01 Å². The summed E-state index contributed by atoms with van der Waals surface area (Å²) in [4.78, 5) is 29.2. The predicted molar refractivity (Wildman–Crippen MR) is 121 cm³/mol. The van der Waals surface area contributed by atoms with Gasteiger partial charge in [-0.05, 0) is 51.0 Å². The lowest BCUT2D eigenvalue weighted by atomic mass is 10.1. The number of benzene rings is 2. The summed E-state index contributed by atoms with van der Waals surface area (Å²) in [6, 6.07) is 15.2. The number of hydrogen-bond acceptors (Lipinski definition) is 8. The molecule has 0 spiro atoms. The van der Waals surface area contributed by atoms with E-state index in [1.165, 1.54) is 11.3 Å². The molecule has 0 fully saturated rings. The minimum atomic E-state index is -0.632. The van der Waals surface area contributed by atoms with Crippen molar-refractivity contribution in [3.05, 3.63) is 65.3 Å². The molecule has 32 heavy (non-hydrogen) atoms. The standard InChI is InChI=1S/C23H22N4O4S/c1-13(24-22(29)31-23(2,3)4)19-26-27-20(30-19)18(28)21-25-16-11-10-15(12-17(16)32-21)14-8-6-5-7-9-14/h5-13H,1-4H3,(H,24,29). The van der Waals surface area contributed by atoms with Gasteiger partial charge in [-0.2, -0.15) is 0 Å². The number of nitrogens with one attached hydrogen (secondary N) is 1. The molecule has 0 aliphatic carbocycles. The van der Waals surface area contributed by atoms with Crippen LogP contribution in [0.3, 0.4) is 0 Å². The third kappa shape index (κ3) is 4.83. The number of ketones is 1. The van der Waals surface area contributed by atoms with E-state index in [1.807, 2.05) is 48.5 Å². The summed E-state index contributed by atoms with van der Waals surface area (Å²) in [5, 5.41) is 10.6. The lowest BCUT2D eigenvalue weighted by Gasteiger charge is -2.20. The Labute approximate surface area is 188 Å². The van der Waals surface area contributed by atoms with Crippen molar-refractivity contribution in [2.24, 2.45) is 0 Å². The molecule has 0 aliphatic rings. The van der Waals surface area contributed by atoms with Crippen LogP contribution in [0.2, 0.25) is 0 Å². The van der Waals surface area contributed by atoms with Crippen LogP contribution in [0.1, 0.15) is 55.3 Å². The highest BCUT2D eigenvalue weighted by atomic mass is 32.1. The first-order valence-corrected chi connectivity index (χ1v) is 10.8. The number of fused-ring (bicyclic) bond motifs is 1. The molecule has 1 amide bonds. The lowest BCUT2D eigenvalue weighted by molar-refractivity contribution is 0.0500. The number of alkyl carbamates (subject to hydrolysis) is 1. The molecular formula is C23H22N4O4S. The Hall–Kier alpha value is -3.59. The van der Waals surface area contributed by atoms with Gasteiger partial charge in [-0.3, -0.25) is 4.79 Å². The normalized spacial score (nSPS) is 12.5. The maximum atomic E-state index is 12.9. The zero-order valence-electron chi connectivity index (χ0n) is 18.1. The summed E-state index contributed by atoms with van der Waals surface area (Å²) in [7, 11) is 0. The molecule has 1 N–H and O–H groups in total. The molecule has 0 aliphatic heterocycles. The van der Waals surface area contributed by atoms with Crippen molar-refractivity contribution in [1.82, 2.24) is 20.5 Å². The first-order valence-electron chi connectivity index (χ1n) is 10.0. The van der Waals surface area contributed by atoms with E-state index in [2.05, 4.69) is 20.5 Å². The molecule has 164 valence electrons. The van der Waals surface area contributed by atoms with Crippen LogP contribution in [0.5, 0.6) is 0 Å². The average Bonchev–Trinajstić information content (AvgIpc) is 3.39. The molecule has 4 rings (SSSR count). The number of carbonyl (C=O) groups excluding carboxylic acids is 2. The molecule has 4 aromatic rings. The summed E-state index contributed by atoms with van der Waals surface area (Å²) in [5.41, 5.74) is 2.22. The molecule has 9 heteroatoms. The van der Waals surface area contributed by atoms with Crippen LogP contribution in [-0.4, -0.2) is 32.7 Å². The zero-order valence-corrected chi connectivity index (χ0v) is 18.9. The summed E-state index contributed by atoms with van der Waals surface area (Å²) >= 11 is 1.27. The first kappa shape index (κ1) is 21.6. The minimum Gasteiger partial charge on any atom is -0.444 e. The second kappa shape index (κ2) is 8.51. The number of rotatable bonds is 5. The number of hydrogen-bond donors (Lipinski definition) is 1. The highest BCUT2D eigenvalue weighted by Crippen LogP contribution is 2.29. The lowest BCUT2D eigenvalue weighted by Crippen LogP contribution is -2.34. The van der Waals surface area contributed by atoms with E-state index in [9.17, 15) is 9.59 Å². The molecule has 2 heterocycles. The fourth-order valence-electron chi connectivity index (χ4n) is 2.97. The Morgan fingerprint density at radius 1 is 1.06 bits per heavy atom. The highest BCUT2D eigenvalue weighted by molar-refractivity contribution is 7.20. The third-order valence-corrected chi connectivity index (χ3v) is 5.45. The van der Waals surface area contributed by atoms with Gasteiger partial charge in [0.25, 0.3) is 11.7 Å². The van der Waals surface area contributed by atoms with Gasteiger partial charge in [-0.25, -0.2) is 9.78 Å². The van der Waals surface area contributed by atoms with Gasteiger partial charge in [0.2, 0.25) is 5.89 Å². The number of thiazole rings is 1. The molecule has 8 nitrogen and oxygen atoms in total. The maximum absolute atomic E-state index is 12.9. The fraction of sp³-hybridized carbons (Fsp3) is 0.261. The molecule has 1 unspecified atom stereocenters. The molecule has 2 aromatic carbocycles. The molecular weight excluding hydrogens is 428 g/mol. The van der Waals surface area contributed by atoms with E-state index in [-0.39, 0.29) is 16.8 Å². The first-order chi connectivity index (χ1) is 15.2. The van der Waals surface area contributed by atoms with Gasteiger partial charge in [-0.1, -0.05) is 36.4 Å². The van der Waals surface area contributed by atoms with Crippen molar-refractivity contribution in [3.8, 4) is 11.1 Å². The van der Waals surface area contributed by atoms with Crippen molar-refractivity contribution in [2.45, 2.75) is 39.3 Å². The second-order valence-corrected chi connectivity index (χ2v) is 9.24. The van der Waals surface area contributed by atoms with E-state index < -0.39 is 23.5 Å². The molecule has 0 radical (unpaired) electrons. The SMILES string of the molecule is CC(NC(=O)OC(C)(C)C)c1nnc(C(=O)c2nc3ccc(-c4ccccc4)cc3s2)o1. The zero-order chi connectivity index (χ0) is 22.9. The van der Waals surface area contributed by atoms with E-state index in [1.54, 1.807) is 27.7 Å². The largest absolute Gasteiger partial charge is 0.444 e. The molecule has 1 atom stereocenters. The summed E-state index contributed by atoms with van der Waals surface area (Å²) in [6.45, 7) is 6.96. The van der Waals surface area contributed by atoms with Gasteiger partial charge < -0.3 is 14.5 Å². The van der Waals surface area contributed by atoms with Crippen LogP contribution in [0, 0.1) is 0 Å². The van der Waals surface area contributed by atoms with Crippen LogP contribution < -0.4 is 5.32 Å². The van der Waals surface area contributed by atoms with Crippen LogP contribution in [0.25, 0.3) is 21.3 Å². The van der Waals surface area contributed by atoms with E-state index in [0.29, 0.717) is 0 Å². The number of aromatic nitrogens is 3. The second-order valence-electron chi connectivity index (χ2n) is 8.21. The van der Waals surface area contributed by atoms with Crippen molar-refractivity contribution < 1.29 is 18.7 Å². The van der Waals surface area contributed by atoms with Crippen molar-refractivity contribution >= 4 is 33.4 Å². The monoisotopic (exact) mass is 450 g/mol. The average molecular weight is 451 g/mol. The number of nitrogens with zero attached hydrogens (tertiary/aromatic N) is 3. The van der Waals surface area contributed by atoms with Crippen molar-refractivity contribution in [3.63, 3.8) is 0 Å². The number of carbonyl (C=O) groups is 2. The van der Waals surface area contributed by atoms with E-state index in [0.717, 1.165) is 21.3 Å². The van der Waals surface area contributed by atoms with Crippen LogP contribution >= 0.6 is 11.3 Å². The van der Waals surface area contributed by atoms with Crippen LogP contribution in [-0.2, 0) is 4.74 Å². The Kier molecular flexibility index (Phi) is 5.75. The highest BCUT2D eigenvalue weighted by Gasteiger charge is 2.25. The summed E-state index contributed by atoms with van der Waals surface area (Å²) < 4.78 is 11.6. The molecule has 0 saturated carbocycles. The topological polar surface area (TPSA) is 107 Å². The van der Waals surface area contributed by atoms with E-state index >= 15 is 0 Å². The third-order valence-electron chi connectivity index (χ3n) is 4.43. The van der Waals surface area contributed by atoms with Crippen LogP contribution in [0.15, 0.2) is 52.9 Å². The van der Waals surface area contributed by atoms with Gasteiger partial charge in [-0.15, -0.1) is 21.5 Å². The van der Waals surface area contributed by atoms with Crippen LogP contribution in [0.4, 0.5) is 4.79 Å². The Morgan fingerprint density at radius 2 is 1.81 bits per heavy atom. The Morgan fingerprint density at radius 3 is 2.53 bits per heavy atom. The summed E-state index contributed by atoms with van der Waals surface area (Å²) in [5.74, 6) is -0.539. The fourth-order valence-corrected chi connectivity index (χ4v) is 3.91.